The van der Waals surface area contributed by atoms with E-state index in [9.17, 15) is 4.79 Å². The fourth-order valence-electron chi connectivity index (χ4n) is 3.27. The molecule has 2 aliphatic heterocycles. The van der Waals surface area contributed by atoms with Crippen molar-refractivity contribution in [3.63, 3.8) is 0 Å². The summed E-state index contributed by atoms with van der Waals surface area (Å²) in [4.78, 5) is 19.1. The monoisotopic (exact) mass is 329 g/mol. The normalized spacial score (nSPS) is 20.0. The molecule has 1 aromatic heterocycles. The summed E-state index contributed by atoms with van der Waals surface area (Å²) in [5, 5.41) is 4.01. The van der Waals surface area contributed by atoms with Crippen molar-refractivity contribution >= 4 is 5.91 Å². The van der Waals surface area contributed by atoms with E-state index in [0.29, 0.717) is 48.5 Å². The van der Waals surface area contributed by atoms with Gasteiger partial charge in [0.1, 0.15) is 13.2 Å². The maximum absolute atomic E-state index is 13.0. The predicted octanol–water partition coefficient (Wildman–Crippen LogP) is 2.17. The Hall–Kier alpha value is -2.57. The second kappa shape index (κ2) is 6.14. The first-order chi connectivity index (χ1) is 11.7. The van der Waals surface area contributed by atoms with Crippen LogP contribution in [0.4, 0.5) is 0 Å². The number of aromatic nitrogens is 2. The molecule has 3 heterocycles. The van der Waals surface area contributed by atoms with Crippen molar-refractivity contribution in [3.05, 3.63) is 35.5 Å². The van der Waals surface area contributed by atoms with Gasteiger partial charge >= 0.3 is 0 Å². The molecule has 0 bridgehead atoms. The van der Waals surface area contributed by atoms with Crippen molar-refractivity contribution in [1.29, 1.82) is 0 Å². The van der Waals surface area contributed by atoms with Crippen molar-refractivity contribution in [1.82, 2.24) is 15.0 Å². The average Bonchev–Trinajstić information content (AvgIpc) is 3.07. The van der Waals surface area contributed by atoms with Crippen LogP contribution in [0.1, 0.15) is 40.8 Å². The molecule has 7 heteroatoms. The molecule has 0 saturated carbocycles. The molecule has 2 aromatic rings. The van der Waals surface area contributed by atoms with Gasteiger partial charge in [0, 0.05) is 25.9 Å². The zero-order valence-electron chi connectivity index (χ0n) is 13.5. The van der Waals surface area contributed by atoms with E-state index in [2.05, 4.69) is 10.1 Å². The van der Waals surface area contributed by atoms with E-state index < -0.39 is 0 Å². The summed E-state index contributed by atoms with van der Waals surface area (Å²) in [6, 6.07) is 5.44. The van der Waals surface area contributed by atoms with Crippen LogP contribution in [0.5, 0.6) is 11.5 Å². The van der Waals surface area contributed by atoms with Crippen LogP contribution in [0.2, 0.25) is 0 Å². The topological polar surface area (TPSA) is 77.7 Å². The van der Waals surface area contributed by atoms with Gasteiger partial charge < -0.3 is 18.9 Å². The smallest absolute Gasteiger partial charge is 0.257 e. The lowest BCUT2D eigenvalue weighted by Crippen LogP contribution is -2.39. The van der Waals surface area contributed by atoms with Crippen molar-refractivity contribution in [2.45, 2.75) is 25.7 Å². The lowest BCUT2D eigenvalue weighted by molar-refractivity contribution is 0.0693. The van der Waals surface area contributed by atoms with E-state index in [1.54, 1.807) is 13.0 Å². The van der Waals surface area contributed by atoms with Crippen LogP contribution in [0, 0.1) is 6.92 Å². The molecule has 7 nitrogen and oxygen atoms in total. The van der Waals surface area contributed by atoms with Gasteiger partial charge in [0.25, 0.3) is 5.91 Å². The Morgan fingerprint density at radius 1 is 1.29 bits per heavy atom. The molecule has 1 fully saturated rings. The van der Waals surface area contributed by atoms with E-state index in [0.717, 1.165) is 19.4 Å². The molecule has 2 aliphatic rings. The van der Waals surface area contributed by atoms with Crippen LogP contribution in [0.15, 0.2) is 22.7 Å². The minimum absolute atomic E-state index is 0.0396. The zero-order chi connectivity index (χ0) is 16.5. The van der Waals surface area contributed by atoms with E-state index in [1.165, 1.54) is 0 Å². The summed E-state index contributed by atoms with van der Waals surface area (Å²) >= 11 is 0. The molecule has 0 spiro atoms. The summed E-state index contributed by atoms with van der Waals surface area (Å²) in [5.41, 5.74) is 0.553. The second-order valence-electron chi connectivity index (χ2n) is 6.09. The number of hydrogen-bond acceptors (Lipinski definition) is 6. The number of para-hydroxylation sites is 1. The van der Waals surface area contributed by atoms with Crippen LogP contribution in [0.3, 0.4) is 0 Å². The largest absolute Gasteiger partial charge is 0.486 e. The number of carbonyl (C=O) groups is 1. The van der Waals surface area contributed by atoms with Crippen molar-refractivity contribution < 1.29 is 18.8 Å². The lowest BCUT2D eigenvalue weighted by atomic mass is 9.96. The fourth-order valence-corrected chi connectivity index (χ4v) is 3.27. The highest BCUT2D eigenvalue weighted by Gasteiger charge is 2.30. The number of carbonyl (C=O) groups excluding carboxylic acids is 1. The minimum atomic E-state index is -0.0396. The van der Waals surface area contributed by atoms with Crippen molar-refractivity contribution in [3.8, 4) is 11.5 Å². The fraction of sp³-hybridized carbons (Fsp3) is 0.471. The molecule has 1 aromatic carbocycles. The van der Waals surface area contributed by atoms with E-state index in [4.69, 9.17) is 14.0 Å². The first-order valence-corrected chi connectivity index (χ1v) is 8.20. The molecule has 1 amide bonds. The Labute approximate surface area is 139 Å². The Morgan fingerprint density at radius 2 is 2.17 bits per heavy atom. The number of benzene rings is 1. The number of nitrogens with zero attached hydrogens (tertiary/aromatic N) is 3. The molecular weight excluding hydrogens is 310 g/mol. The maximum Gasteiger partial charge on any atom is 0.257 e. The van der Waals surface area contributed by atoms with Crippen LogP contribution >= 0.6 is 0 Å². The Balaban J connectivity index is 1.56. The number of likely N-dealkylation sites (tertiary alicyclic amines) is 1. The minimum Gasteiger partial charge on any atom is -0.486 e. The van der Waals surface area contributed by atoms with Gasteiger partial charge in [0.2, 0.25) is 5.89 Å². The van der Waals surface area contributed by atoms with Crippen LogP contribution in [0.25, 0.3) is 0 Å². The maximum atomic E-state index is 13.0. The van der Waals surface area contributed by atoms with Gasteiger partial charge in [-0.2, -0.15) is 4.98 Å². The number of ether oxygens (including phenoxy) is 2. The highest BCUT2D eigenvalue weighted by Crippen LogP contribution is 2.35. The number of hydrogen-bond donors (Lipinski definition) is 0. The Bertz CT molecular complexity index is 758. The third-order valence-electron chi connectivity index (χ3n) is 4.41. The third kappa shape index (κ3) is 2.70. The van der Waals surface area contributed by atoms with Crippen LogP contribution < -0.4 is 9.47 Å². The first kappa shape index (κ1) is 15.0. The number of amides is 1. The number of piperidine rings is 1. The third-order valence-corrected chi connectivity index (χ3v) is 4.41. The summed E-state index contributed by atoms with van der Waals surface area (Å²) in [6.45, 7) is 4.05. The molecule has 0 N–H and O–H groups in total. The highest BCUT2D eigenvalue weighted by molar-refractivity contribution is 5.98. The summed E-state index contributed by atoms with van der Waals surface area (Å²) < 4.78 is 16.3. The predicted molar refractivity (Wildman–Crippen MR) is 84.3 cm³/mol. The van der Waals surface area contributed by atoms with Gasteiger partial charge in [-0.1, -0.05) is 11.2 Å². The molecular formula is C17H19N3O4. The SMILES string of the molecule is Cc1nc([C@@H]2CCCN(C(=O)c3cccc4c3OCCO4)C2)no1. The summed E-state index contributed by atoms with van der Waals surface area (Å²) in [7, 11) is 0. The van der Waals surface area contributed by atoms with Gasteiger partial charge in [-0.05, 0) is 25.0 Å². The Kier molecular flexibility index (Phi) is 3.84. The van der Waals surface area contributed by atoms with Crippen LogP contribution in [-0.4, -0.2) is 47.3 Å². The number of rotatable bonds is 2. The van der Waals surface area contributed by atoms with Crippen molar-refractivity contribution in [2.24, 2.45) is 0 Å². The molecule has 0 radical (unpaired) electrons. The average molecular weight is 329 g/mol. The molecule has 126 valence electrons. The van der Waals surface area contributed by atoms with Crippen molar-refractivity contribution in [2.75, 3.05) is 26.3 Å². The molecule has 0 aliphatic carbocycles. The van der Waals surface area contributed by atoms with Gasteiger partial charge in [0.15, 0.2) is 17.3 Å². The highest BCUT2D eigenvalue weighted by atomic mass is 16.6. The molecule has 1 saturated heterocycles. The van der Waals surface area contributed by atoms with Gasteiger partial charge in [-0.3, -0.25) is 4.79 Å². The quantitative estimate of drug-likeness (QED) is 0.840. The number of aryl methyl sites for hydroxylation is 1. The first-order valence-electron chi connectivity index (χ1n) is 8.20. The molecule has 0 unspecified atom stereocenters. The zero-order valence-corrected chi connectivity index (χ0v) is 13.5. The van der Waals surface area contributed by atoms with Crippen LogP contribution in [-0.2, 0) is 0 Å². The van der Waals surface area contributed by atoms with Gasteiger partial charge in [0.05, 0.1) is 5.56 Å². The van der Waals surface area contributed by atoms with E-state index in [-0.39, 0.29) is 11.8 Å². The molecule has 1 atom stereocenters. The molecule has 4 rings (SSSR count). The summed E-state index contributed by atoms with van der Waals surface area (Å²) in [5.74, 6) is 2.48. The Morgan fingerprint density at radius 3 is 3.00 bits per heavy atom. The van der Waals surface area contributed by atoms with Gasteiger partial charge in [-0.25, -0.2) is 0 Å². The van der Waals surface area contributed by atoms with Gasteiger partial charge in [-0.15, -0.1) is 0 Å². The standard InChI is InChI=1S/C17H19N3O4/c1-11-18-16(19-24-11)12-4-3-7-20(10-12)17(21)13-5-2-6-14-15(13)23-9-8-22-14/h2,5-6,12H,3-4,7-10H2,1H3/t12-/m1/s1. The summed E-state index contributed by atoms with van der Waals surface area (Å²) in [6.07, 6.45) is 1.87. The second-order valence-corrected chi connectivity index (χ2v) is 6.09. The van der Waals surface area contributed by atoms with E-state index >= 15 is 0 Å². The molecule has 24 heavy (non-hydrogen) atoms. The lowest BCUT2D eigenvalue weighted by Gasteiger charge is -2.32. The number of fused-ring (bicyclic) bond motifs is 1. The van der Waals surface area contributed by atoms with E-state index in [1.807, 2.05) is 17.0 Å².